The van der Waals surface area contributed by atoms with Crippen molar-refractivity contribution in [2.24, 2.45) is 0 Å². The molecule has 72 valence electrons. The minimum Gasteiger partial charge on any atom is -0.480 e. The van der Waals surface area contributed by atoms with E-state index < -0.39 is 0 Å². The van der Waals surface area contributed by atoms with Crippen LogP contribution in [0.5, 0.6) is 5.88 Å². The SMILES string of the molecule is CCOCCc1cnc(OC)cn1. The lowest BCUT2D eigenvalue weighted by Gasteiger charge is -2.01. The molecule has 4 nitrogen and oxygen atoms in total. The zero-order chi connectivity index (χ0) is 9.52. The van der Waals surface area contributed by atoms with Crippen molar-refractivity contribution in [3.63, 3.8) is 0 Å². The number of nitrogens with zero attached hydrogens (tertiary/aromatic N) is 2. The second-order valence-corrected chi connectivity index (χ2v) is 2.50. The Balaban J connectivity index is 2.40. The number of hydrogen-bond acceptors (Lipinski definition) is 4. The molecule has 0 aliphatic carbocycles. The predicted octanol–water partition coefficient (Wildman–Crippen LogP) is 1.06. The Morgan fingerprint density at radius 3 is 2.69 bits per heavy atom. The van der Waals surface area contributed by atoms with Crippen LogP contribution in [0.25, 0.3) is 0 Å². The summed E-state index contributed by atoms with van der Waals surface area (Å²) in [6.45, 7) is 3.40. The fourth-order valence-corrected chi connectivity index (χ4v) is 0.899. The Morgan fingerprint density at radius 2 is 2.15 bits per heavy atom. The third-order valence-electron chi connectivity index (χ3n) is 1.60. The summed E-state index contributed by atoms with van der Waals surface area (Å²) in [5.41, 5.74) is 0.925. The van der Waals surface area contributed by atoms with Crippen molar-refractivity contribution in [3.8, 4) is 5.88 Å². The van der Waals surface area contributed by atoms with Crippen molar-refractivity contribution in [1.82, 2.24) is 9.97 Å². The van der Waals surface area contributed by atoms with Crippen molar-refractivity contribution < 1.29 is 9.47 Å². The van der Waals surface area contributed by atoms with E-state index in [0.717, 1.165) is 18.7 Å². The first kappa shape index (κ1) is 9.92. The van der Waals surface area contributed by atoms with E-state index in [2.05, 4.69) is 9.97 Å². The van der Waals surface area contributed by atoms with E-state index in [1.807, 2.05) is 6.92 Å². The smallest absolute Gasteiger partial charge is 0.231 e. The molecule has 1 heterocycles. The van der Waals surface area contributed by atoms with Gasteiger partial charge < -0.3 is 9.47 Å². The fraction of sp³-hybridized carbons (Fsp3) is 0.556. The van der Waals surface area contributed by atoms with E-state index in [4.69, 9.17) is 9.47 Å². The van der Waals surface area contributed by atoms with Gasteiger partial charge in [0.25, 0.3) is 0 Å². The van der Waals surface area contributed by atoms with Crippen molar-refractivity contribution in [3.05, 3.63) is 18.1 Å². The molecule has 0 aromatic carbocycles. The molecular formula is C9H14N2O2. The molecule has 1 aromatic rings. The first-order valence-electron chi connectivity index (χ1n) is 4.29. The molecule has 0 amide bonds. The number of ether oxygens (including phenoxy) is 2. The molecule has 0 spiro atoms. The van der Waals surface area contributed by atoms with Gasteiger partial charge in [0.15, 0.2) is 0 Å². The highest BCUT2D eigenvalue weighted by molar-refractivity contribution is 5.06. The summed E-state index contributed by atoms with van der Waals surface area (Å²) in [5, 5.41) is 0. The first-order valence-corrected chi connectivity index (χ1v) is 4.29. The second-order valence-electron chi connectivity index (χ2n) is 2.50. The molecule has 0 bridgehead atoms. The maximum atomic E-state index is 5.19. The quantitative estimate of drug-likeness (QED) is 0.639. The van der Waals surface area contributed by atoms with Gasteiger partial charge in [-0.05, 0) is 6.92 Å². The van der Waals surface area contributed by atoms with Gasteiger partial charge in [-0.15, -0.1) is 0 Å². The Kier molecular flexibility index (Phi) is 4.18. The molecule has 13 heavy (non-hydrogen) atoms. The Morgan fingerprint density at radius 1 is 1.31 bits per heavy atom. The van der Waals surface area contributed by atoms with E-state index in [-0.39, 0.29) is 0 Å². The van der Waals surface area contributed by atoms with Crippen LogP contribution in [-0.4, -0.2) is 30.3 Å². The lowest BCUT2D eigenvalue weighted by molar-refractivity contribution is 0.150. The van der Waals surface area contributed by atoms with Gasteiger partial charge in [-0.3, -0.25) is 4.98 Å². The van der Waals surface area contributed by atoms with E-state index in [1.54, 1.807) is 19.5 Å². The molecule has 0 fully saturated rings. The lowest BCUT2D eigenvalue weighted by atomic mass is 10.3. The summed E-state index contributed by atoms with van der Waals surface area (Å²) in [5.74, 6) is 0.542. The standard InChI is InChI=1S/C9H14N2O2/c1-3-13-5-4-8-6-11-9(12-2)7-10-8/h6-7H,3-5H2,1-2H3. The summed E-state index contributed by atoms with van der Waals surface area (Å²) in [7, 11) is 1.57. The Bertz CT molecular complexity index is 236. The van der Waals surface area contributed by atoms with Crippen molar-refractivity contribution >= 4 is 0 Å². The normalized spacial score (nSPS) is 10.0. The minimum absolute atomic E-state index is 0.542. The van der Waals surface area contributed by atoms with Gasteiger partial charge in [-0.2, -0.15) is 0 Å². The molecule has 0 aliphatic heterocycles. The van der Waals surface area contributed by atoms with Gasteiger partial charge in [0.05, 0.1) is 31.8 Å². The largest absolute Gasteiger partial charge is 0.480 e. The molecule has 0 saturated carbocycles. The molecule has 1 aromatic heterocycles. The van der Waals surface area contributed by atoms with Gasteiger partial charge in [0.1, 0.15) is 0 Å². The average Bonchev–Trinajstić information content (AvgIpc) is 2.19. The summed E-state index contributed by atoms with van der Waals surface area (Å²) in [6.07, 6.45) is 4.12. The molecule has 0 saturated heterocycles. The van der Waals surface area contributed by atoms with Crippen molar-refractivity contribution in [2.75, 3.05) is 20.3 Å². The van der Waals surface area contributed by atoms with Gasteiger partial charge in [0.2, 0.25) is 5.88 Å². The second kappa shape index (κ2) is 5.48. The molecule has 0 atom stereocenters. The molecular weight excluding hydrogens is 168 g/mol. The van der Waals surface area contributed by atoms with Crippen LogP contribution in [0.4, 0.5) is 0 Å². The predicted molar refractivity (Wildman–Crippen MR) is 48.8 cm³/mol. The van der Waals surface area contributed by atoms with Crippen LogP contribution in [0.2, 0.25) is 0 Å². The van der Waals surface area contributed by atoms with Crippen LogP contribution in [0.1, 0.15) is 12.6 Å². The highest BCUT2D eigenvalue weighted by Gasteiger charge is 1.96. The highest BCUT2D eigenvalue weighted by Crippen LogP contribution is 2.02. The van der Waals surface area contributed by atoms with Crippen molar-refractivity contribution in [2.45, 2.75) is 13.3 Å². The topological polar surface area (TPSA) is 44.2 Å². The number of aromatic nitrogens is 2. The summed E-state index contributed by atoms with van der Waals surface area (Å²) < 4.78 is 10.1. The number of hydrogen-bond donors (Lipinski definition) is 0. The van der Waals surface area contributed by atoms with E-state index in [1.165, 1.54) is 0 Å². The zero-order valence-electron chi connectivity index (χ0n) is 7.99. The number of methoxy groups -OCH3 is 1. The molecule has 0 radical (unpaired) electrons. The van der Waals surface area contributed by atoms with E-state index >= 15 is 0 Å². The first-order chi connectivity index (χ1) is 6.36. The number of rotatable bonds is 5. The minimum atomic E-state index is 0.542. The van der Waals surface area contributed by atoms with E-state index in [0.29, 0.717) is 12.5 Å². The Labute approximate surface area is 77.9 Å². The summed E-state index contributed by atoms with van der Waals surface area (Å²) in [4.78, 5) is 8.19. The summed E-state index contributed by atoms with van der Waals surface area (Å²) in [6, 6.07) is 0. The van der Waals surface area contributed by atoms with Crippen LogP contribution in [0.15, 0.2) is 12.4 Å². The maximum absolute atomic E-state index is 5.19. The Hall–Kier alpha value is -1.16. The van der Waals surface area contributed by atoms with Gasteiger partial charge >= 0.3 is 0 Å². The van der Waals surface area contributed by atoms with Gasteiger partial charge in [0, 0.05) is 13.0 Å². The molecule has 0 N–H and O–H groups in total. The fourth-order valence-electron chi connectivity index (χ4n) is 0.899. The third-order valence-corrected chi connectivity index (χ3v) is 1.60. The van der Waals surface area contributed by atoms with Crippen LogP contribution in [-0.2, 0) is 11.2 Å². The average molecular weight is 182 g/mol. The molecule has 4 heteroatoms. The highest BCUT2D eigenvalue weighted by atomic mass is 16.5. The van der Waals surface area contributed by atoms with Gasteiger partial charge in [-0.1, -0.05) is 0 Å². The lowest BCUT2D eigenvalue weighted by Crippen LogP contribution is -2.00. The van der Waals surface area contributed by atoms with Gasteiger partial charge in [-0.25, -0.2) is 4.98 Å². The molecule has 1 rings (SSSR count). The summed E-state index contributed by atoms with van der Waals surface area (Å²) >= 11 is 0. The van der Waals surface area contributed by atoms with E-state index in [9.17, 15) is 0 Å². The van der Waals surface area contributed by atoms with Crippen LogP contribution >= 0.6 is 0 Å². The molecule has 0 unspecified atom stereocenters. The monoisotopic (exact) mass is 182 g/mol. The molecule has 0 aliphatic rings. The van der Waals surface area contributed by atoms with Crippen LogP contribution in [0, 0.1) is 0 Å². The maximum Gasteiger partial charge on any atom is 0.231 e. The zero-order valence-corrected chi connectivity index (χ0v) is 7.99. The third kappa shape index (κ3) is 3.38. The van der Waals surface area contributed by atoms with Crippen LogP contribution < -0.4 is 4.74 Å². The van der Waals surface area contributed by atoms with Crippen LogP contribution in [0.3, 0.4) is 0 Å². The van der Waals surface area contributed by atoms with Crippen molar-refractivity contribution in [1.29, 1.82) is 0 Å².